The summed E-state index contributed by atoms with van der Waals surface area (Å²) in [6, 6.07) is 5.59. The second-order valence-corrected chi connectivity index (χ2v) is 5.63. The normalized spacial score (nSPS) is 12.8. The van der Waals surface area contributed by atoms with Crippen LogP contribution in [0.3, 0.4) is 0 Å². The highest BCUT2D eigenvalue weighted by Gasteiger charge is 2.21. The van der Waals surface area contributed by atoms with Crippen molar-refractivity contribution in [3.8, 4) is 0 Å². The third kappa shape index (κ3) is 6.43. The van der Waals surface area contributed by atoms with Crippen LogP contribution in [0.4, 0.5) is 0 Å². The van der Waals surface area contributed by atoms with Crippen molar-refractivity contribution in [2.24, 2.45) is 0 Å². The fourth-order valence-electron chi connectivity index (χ4n) is 1.48. The lowest BCUT2D eigenvalue weighted by Crippen LogP contribution is -2.30. The molecule has 0 radical (unpaired) electrons. The summed E-state index contributed by atoms with van der Waals surface area (Å²) < 4.78 is 10.7. The number of hydrogen-bond donors (Lipinski definition) is 1. The lowest BCUT2D eigenvalue weighted by Gasteiger charge is -2.20. The molecule has 0 aliphatic carbocycles. The lowest BCUT2D eigenvalue weighted by molar-refractivity contribution is -0.146. The Kier molecular flexibility index (Phi) is 5.82. The Hall–Kier alpha value is -1.75. The SMILES string of the molecule is C[C@H](CC(=N)C(=O)OC(C)(C)C)OCc1ccccn1. The van der Waals surface area contributed by atoms with Crippen molar-refractivity contribution in [1.82, 2.24) is 4.98 Å². The molecule has 5 heteroatoms. The van der Waals surface area contributed by atoms with Crippen LogP contribution in [0.5, 0.6) is 0 Å². The maximum absolute atomic E-state index is 11.7. The van der Waals surface area contributed by atoms with Gasteiger partial charge in [-0.25, -0.2) is 4.79 Å². The van der Waals surface area contributed by atoms with Gasteiger partial charge in [0.2, 0.25) is 0 Å². The molecule has 110 valence electrons. The van der Waals surface area contributed by atoms with E-state index in [2.05, 4.69) is 4.98 Å². The zero-order chi connectivity index (χ0) is 15.2. The van der Waals surface area contributed by atoms with E-state index >= 15 is 0 Å². The summed E-state index contributed by atoms with van der Waals surface area (Å²) in [5.41, 5.74) is 0.165. The van der Waals surface area contributed by atoms with Gasteiger partial charge in [0.15, 0.2) is 0 Å². The van der Waals surface area contributed by atoms with Crippen LogP contribution in [0, 0.1) is 5.41 Å². The third-order valence-electron chi connectivity index (χ3n) is 2.38. The molecule has 1 rings (SSSR count). The first kappa shape index (κ1) is 16.3. The maximum Gasteiger partial charge on any atom is 0.352 e. The fraction of sp³-hybridized carbons (Fsp3) is 0.533. The molecule has 0 saturated carbocycles. The van der Waals surface area contributed by atoms with Gasteiger partial charge in [-0.15, -0.1) is 0 Å². The molecule has 5 nitrogen and oxygen atoms in total. The van der Waals surface area contributed by atoms with E-state index in [1.165, 1.54) is 0 Å². The van der Waals surface area contributed by atoms with Crippen LogP contribution in [0.25, 0.3) is 0 Å². The molecule has 20 heavy (non-hydrogen) atoms. The molecule has 1 N–H and O–H groups in total. The minimum atomic E-state index is -0.592. The van der Waals surface area contributed by atoms with Gasteiger partial charge in [0.25, 0.3) is 0 Å². The van der Waals surface area contributed by atoms with Gasteiger partial charge in [0, 0.05) is 12.6 Å². The molecule has 0 bridgehead atoms. The van der Waals surface area contributed by atoms with Gasteiger partial charge in [-0.3, -0.25) is 10.4 Å². The minimum absolute atomic E-state index is 0.0755. The molecule has 0 aromatic carbocycles. The van der Waals surface area contributed by atoms with Crippen molar-refractivity contribution < 1.29 is 14.3 Å². The number of ether oxygens (including phenoxy) is 2. The summed E-state index contributed by atoms with van der Waals surface area (Å²) in [6.45, 7) is 7.52. The van der Waals surface area contributed by atoms with Crippen molar-refractivity contribution in [2.45, 2.75) is 52.4 Å². The van der Waals surface area contributed by atoms with Crippen molar-refractivity contribution in [3.05, 3.63) is 30.1 Å². The number of carbonyl (C=O) groups is 1. The van der Waals surface area contributed by atoms with E-state index in [0.29, 0.717) is 6.61 Å². The summed E-state index contributed by atoms with van der Waals surface area (Å²) in [5, 5.41) is 7.72. The van der Waals surface area contributed by atoms with E-state index < -0.39 is 11.6 Å². The maximum atomic E-state index is 11.7. The lowest BCUT2D eigenvalue weighted by atomic mass is 10.1. The molecule has 1 atom stereocenters. The van der Waals surface area contributed by atoms with Crippen LogP contribution in [0.2, 0.25) is 0 Å². The topological polar surface area (TPSA) is 72.3 Å². The van der Waals surface area contributed by atoms with Crippen LogP contribution in [-0.4, -0.2) is 28.4 Å². The standard InChI is InChI=1S/C15H22N2O3/c1-11(19-10-12-7-5-6-8-17-12)9-13(16)14(18)20-15(2,3)4/h5-8,11,16H,9-10H2,1-4H3/t11-/m1/s1. The molecule has 0 aliphatic rings. The number of nitrogens with zero attached hydrogens (tertiary/aromatic N) is 1. The Morgan fingerprint density at radius 2 is 2.10 bits per heavy atom. The van der Waals surface area contributed by atoms with E-state index in [-0.39, 0.29) is 18.2 Å². The van der Waals surface area contributed by atoms with Crippen LogP contribution < -0.4 is 0 Å². The number of hydrogen-bond acceptors (Lipinski definition) is 5. The van der Waals surface area contributed by atoms with Crippen LogP contribution in [0.1, 0.15) is 39.8 Å². The zero-order valence-corrected chi connectivity index (χ0v) is 12.5. The van der Waals surface area contributed by atoms with Crippen molar-refractivity contribution >= 4 is 11.7 Å². The predicted octanol–water partition coefficient (Wildman–Crippen LogP) is 2.74. The highest BCUT2D eigenvalue weighted by molar-refractivity contribution is 6.35. The number of aromatic nitrogens is 1. The van der Waals surface area contributed by atoms with Gasteiger partial charge < -0.3 is 9.47 Å². The van der Waals surface area contributed by atoms with Crippen LogP contribution in [0.15, 0.2) is 24.4 Å². The number of rotatable bonds is 6. The Balaban J connectivity index is 2.36. The van der Waals surface area contributed by atoms with Crippen LogP contribution >= 0.6 is 0 Å². The third-order valence-corrected chi connectivity index (χ3v) is 2.38. The second kappa shape index (κ2) is 7.14. The van der Waals surface area contributed by atoms with Crippen molar-refractivity contribution in [2.75, 3.05) is 0 Å². The van der Waals surface area contributed by atoms with Gasteiger partial charge >= 0.3 is 5.97 Å². The minimum Gasteiger partial charge on any atom is -0.456 e. The van der Waals surface area contributed by atoms with Crippen molar-refractivity contribution in [1.29, 1.82) is 5.41 Å². The molecule has 0 fully saturated rings. The molecule has 1 aromatic heterocycles. The Morgan fingerprint density at radius 3 is 2.65 bits per heavy atom. The molecule has 0 amide bonds. The molecular formula is C15H22N2O3. The molecule has 0 unspecified atom stereocenters. The molecular weight excluding hydrogens is 256 g/mol. The number of nitrogens with one attached hydrogen (secondary N) is 1. The molecule has 1 heterocycles. The van der Waals surface area contributed by atoms with Gasteiger partial charge in [0.1, 0.15) is 11.3 Å². The molecule has 0 aliphatic heterocycles. The molecule has 0 saturated heterocycles. The smallest absolute Gasteiger partial charge is 0.352 e. The highest BCUT2D eigenvalue weighted by atomic mass is 16.6. The van der Waals surface area contributed by atoms with Gasteiger partial charge in [-0.2, -0.15) is 0 Å². The summed E-state index contributed by atoms with van der Waals surface area (Å²) in [7, 11) is 0. The Morgan fingerprint density at radius 1 is 1.40 bits per heavy atom. The van der Waals surface area contributed by atoms with Gasteiger partial charge in [-0.1, -0.05) is 6.07 Å². The highest BCUT2D eigenvalue weighted by Crippen LogP contribution is 2.10. The fourth-order valence-corrected chi connectivity index (χ4v) is 1.48. The molecule has 1 aromatic rings. The number of carbonyl (C=O) groups excluding carboxylic acids is 1. The first-order chi connectivity index (χ1) is 9.28. The first-order valence-electron chi connectivity index (χ1n) is 6.60. The van der Waals surface area contributed by atoms with E-state index in [9.17, 15) is 4.79 Å². The average molecular weight is 278 g/mol. The number of esters is 1. The monoisotopic (exact) mass is 278 g/mol. The van der Waals surface area contributed by atoms with Gasteiger partial charge in [-0.05, 0) is 39.8 Å². The summed E-state index contributed by atoms with van der Waals surface area (Å²) in [4.78, 5) is 15.8. The Bertz CT molecular complexity index is 452. The van der Waals surface area contributed by atoms with E-state index in [0.717, 1.165) is 5.69 Å². The quantitative estimate of drug-likeness (QED) is 0.641. The summed E-state index contributed by atoms with van der Waals surface area (Å²) in [5.74, 6) is -0.592. The Labute approximate surface area is 119 Å². The second-order valence-electron chi connectivity index (χ2n) is 5.63. The summed E-state index contributed by atoms with van der Waals surface area (Å²) in [6.07, 6.45) is 1.69. The average Bonchev–Trinajstić information content (AvgIpc) is 2.35. The van der Waals surface area contributed by atoms with Crippen LogP contribution in [-0.2, 0) is 20.9 Å². The first-order valence-corrected chi connectivity index (χ1v) is 6.60. The zero-order valence-electron chi connectivity index (χ0n) is 12.5. The van der Waals surface area contributed by atoms with Gasteiger partial charge in [0.05, 0.1) is 18.4 Å². The van der Waals surface area contributed by atoms with Crippen molar-refractivity contribution in [3.63, 3.8) is 0 Å². The van der Waals surface area contributed by atoms with E-state index in [1.807, 2.05) is 25.1 Å². The predicted molar refractivity (Wildman–Crippen MR) is 76.7 cm³/mol. The van der Waals surface area contributed by atoms with E-state index in [4.69, 9.17) is 14.9 Å². The largest absolute Gasteiger partial charge is 0.456 e. The summed E-state index contributed by atoms with van der Waals surface area (Å²) >= 11 is 0. The molecule has 0 spiro atoms. The van der Waals surface area contributed by atoms with E-state index in [1.54, 1.807) is 27.0 Å². The number of pyridine rings is 1.